The van der Waals surface area contributed by atoms with Crippen LogP contribution in [0.3, 0.4) is 0 Å². The lowest BCUT2D eigenvalue weighted by Gasteiger charge is -2.13. The zero-order valence-corrected chi connectivity index (χ0v) is 10.3. The summed E-state index contributed by atoms with van der Waals surface area (Å²) in [5.41, 5.74) is 1.59. The molecule has 1 aromatic heterocycles. The molecule has 0 aliphatic carbocycles. The van der Waals surface area contributed by atoms with E-state index in [0.717, 1.165) is 29.9 Å². The third kappa shape index (κ3) is 3.03. The molecular weight excluding hydrogens is 217 g/mol. The Balaban J connectivity index is 2.08. The molecule has 2 aromatic rings. The molecule has 0 bridgehead atoms. The number of unbranched alkanes of at least 4 members (excludes halogenated alkanes) is 1. The van der Waals surface area contributed by atoms with Gasteiger partial charge in [0.15, 0.2) is 0 Å². The number of imidazole rings is 1. The van der Waals surface area contributed by atoms with E-state index in [2.05, 4.69) is 28.8 Å². The first kappa shape index (κ1) is 12.0. The first-order valence-electron chi connectivity index (χ1n) is 6.01. The molecule has 0 aliphatic rings. The molecule has 4 heteroatoms. The highest BCUT2D eigenvalue weighted by molar-refractivity contribution is 5.74. The lowest BCUT2D eigenvalue weighted by Crippen LogP contribution is -2.19. The summed E-state index contributed by atoms with van der Waals surface area (Å²) in [6.45, 7) is 4.01. The summed E-state index contributed by atoms with van der Waals surface area (Å²) in [4.78, 5) is 9.81. The highest BCUT2D eigenvalue weighted by Crippen LogP contribution is 2.13. The molecule has 0 saturated carbocycles. The van der Waals surface area contributed by atoms with Gasteiger partial charge in [-0.25, -0.2) is 9.37 Å². The molecule has 0 radical (unpaired) electrons. The minimum atomic E-state index is -0.230. The van der Waals surface area contributed by atoms with Gasteiger partial charge in [0.1, 0.15) is 11.6 Å². The molecule has 1 heterocycles. The standard InChI is InChI=1S/C13H18FN3/c1-3-4-7-17(2)9-13-15-11-6-5-10(14)8-12(11)16-13/h5-6,8H,3-4,7,9H2,1-2H3,(H,15,16). The van der Waals surface area contributed by atoms with Crippen molar-refractivity contribution in [1.29, 1.82) is 0 Å². The van der Waals surface area contributed by atoms with Crippen LogP contribution in [0.5, 0.6) is 0 Å². The number of hydrogen-bond acceptors (Lipinski definition) is 2. The Labute approximate surface area is 101 Å². The van der Waals surface area contributed by atoms with Gasteiger partial charge in [-0.2, -0.15) is 0 Å². The summed E-state index contributed by atoms with van der Waals surface area (Å²) in [7, 11) is 2.07. The molecular formula is C13H18FN3. The van der Waals surface area contributed by atoms with E-state index in [4.69, 9.17) is 0 Å². The Bertz CT molecular complexity index is 492. The largest absolute Gasteiger partial charge is 0.341 e. The highest BCUT2D eigenvalue weighted by atomic mass is 19.1. The van der Waals surface area contributed by atoms with Crippen molar-refractivity contribution in [1.82, 2.24) is 14.9 Å². The van der Waals surface area contributed by atoms with E-state index >= 15 is 0 Å². The van der Waals surface area contributed by atoms with Crippen molar-refractivity contribution < 1.29 is 4.39 Å². The van der Waals surface area contributed by atoms with Crippen LogP contribution in [0.1, 0.15) is 25.6 Å². The SMILES string of the molecule is CCCCN(C)Cc1nc2ccc(F)cc2[nH]1. The number of aromatic nitrogens is 2. The van der Waals surface area contributed by atoms with Crippen molar-refractivity contribution in [2.24, 2.45) is 0 Å². The zero-order valence-electron chi connectivity index (χ0n) is 10.3. The normalized spacial score (nSPS) is 11.5. The van der Waals surface area contributed by atoms with E-state index in [0.29, 0.717) is 0 Å². The number of aromatic amines is 1. The van der Waals surface area contributed by atoms with Crippen molar-refractivity contribution >= 4 is 11.0 Å². The van der Waals surface area contributed by atoms with Crippen LogP contribution < -0.4 is 0 Å². The Morgan fingerprint density at radius 2 is 2.24 bits per heavy atom. The van der Waals surface area contributed by atoms with Gasteiger partial charge in [0, 0.05) is 0 Å². The van der Waals surface area contributed by atoms with Gasteiger partial charge in [-0.05, 0) is 38.2 Å². The summed E-state index contributed by atoms with van der Waals surface area (Å²) >= 11 is 0. The molecule has 0 atom stereocenters. The fraction of sp³-hybridized carbons (Fsp3) is 0.462. The summed E-state index contributed by atoms with van der Waals surface area (Å²) in [5.74, 6) is 0.663. The summed E-state index contributed by atoms with van der Waals surface area (Å²) in [5, 5.41) is 0. The number of hydrogen-bond donors (Lipinski definition) is 1. The van der Waals surface area contributed by atoms with Gasteiger partial charge in [0.2, 0.25) is 0 Å². The molecule has 0 amide bonds. The lowest BCUT2D eigenvalue weighted by atomic mass is 10.3. The van der Waals surface area contributed by atoms with Crippen LogP contribution in [0.15, 0.2) is 18.2 Å². The maximum absolute atomic E-state index is 13.0. The summed E-state index contributed by atoms with van der Waals surface area (Å²) < 4.78 is 13.0. The number of nitrogens with one attached hydrogen (secondary N) is 1. The van der Waals surface area contributed by atoms with Crippen LogP contribution in [0, 0.1) is 5.82 Å². The van der Waals surface area contributed by atoms with Crippen LogP contribution in [-0.2, 0) is 6.54 Å². The molecule has 1 N–H and O–H groups in total. The van der Waals surface area contributed by atoms with Gasteiger partial charge in [-0.3, -0.25) is 4.90 Å². The topological polar surface area (TPSA) is 31.9 Å². The van der Waals surface area contributed by atoms with Crippen LogP contribution in [0.4, 0.5) is 4.39 Å². The number of nitrogens with zero attached hydrogens (tertiary/aromatic N) is 2. The molecule has 0 spiro atoms. The number of fused-ring (bicyclic) bond motifs is 1. The second-order valence-electron chi connectivity index (χ2n) is 4.44. The van der Waals surface area contributed by atoms with E-state index in [-0.39, 0.29) is 5.82 Å². The molecule has 1 aromatic carbocycles. The second kappa shape index (κ2) is 5.27. The predicted octanol–water partition coefficient (Wildman–Crippen LogP) is 2.93. The quantitative estimate of drug-likeness (QED) is 0.864. The molecule has 0 unspecified atom stereocenters. The van der Waals surface area contributed by atoms with Crippen molar-refractivity contribution in [3.8, 4) is 0 Å². The Hall–Kier alpha value is -1.42. The fourth-order valence-electron chi connectivity index (χ4n) is 1.87. The fourth-order valence-corrected chi connectivity index (χ4v) is 1.87. The summed E-state index contributed by atoms with van der Waals surface area (Å²) in [6, 6.07) is 4.63. The van der Waals surface area contributed by atoms with Crippen molar-refractivity contribution in [3.05, 3.63) is 29.8 Å². The molecule has 0 saturated heterocycles. The van der Waals surface area contributed by atoms with Gasteiger partial charge in [0.05, 0.1) is 17.6 Å². The van der Waals surface area contributed by atoms with Gasteiger partial charge < -0.3 is 4.98 Å². The molecule has 2 rings (SSSR count). The minimum Gasteiger partial charge on any atom is -0.341 e. The van der Waals surface area contributed by atoms with Gasteiger partial charge in [0.25, 0.3) is 0 Å². The van der Waals surface area contributed by atoms with E-state index in [1.807, 2.05) is 0 Å². The van der Waals surface area contributed by atoms with E-state index < -0.39 is 0 Å². The van der Waals surface area contributed by atoms with E-state index in [1.165, 1.54) is 25.0 Å². The smallest absolute Gasteiger partial charge is 0.125 e. The average Bonchev–Trinajstić information content (AvgIpc) is 2.67. The number of halogens is 1. The van der Waals surface area contributed by atoms with Crippen LogP contribution in [0.2, 0.25) is 0 Å². The third-order valence-corrected chi connectivity index (χ3v) is 2.81. The minimum absolute atomic E-state index is 0.230. The third-order valence-electron chi connectivity index (χ3n) is 2.81. The molecule has 3 nitrogen and oxygen atoms in total. The van der Waals surface area contributed by atoms with Crippen molar-refractivity contribution in [3.63, 3.8) is 0 Å². The Kier molecular flexibility index (Phi) is 3.74. The summed E-state index contributed by atoms with van der Waals surface area (Å²) in [6.07, 6.45) is 2.38. The second-order valence-corrected chi connectivity index (χ2v) is 4.44. The number of rotatable bonds is 5. The zero-order chi connectivity index (χ0) is 12.3. The van der Waals surface area contributed by atoms with Gasteiger partial charge >= 0.3 is 0 Å². The van der Waals surface area contributed by atoms with E-state index in [1.54, 1.807) is 6.07 Å². The van der Waals surface area contributed by atoms with Gasteiger partial charge in [-0.15, -0.1) is 0 Å². The maximum Gasteiger partial charge on any atom is 0.125 e. The van der Waals surface area contributed by atoms with Crippen LogP contribution in [0.25, 0.3) is 11.0 Å². The number of benzene rings is 1. The monoisotopic (exact) mass is 235 g/mol. The molecule has 0 fully saturated rings. The van der Waals surface area contributed by atoms with Crippen LogP contribution >= 0.6 is 0 Å². The first-order chi connectivity index (χ1) is 8.19. The van der Waals surface area contributed by atoms with E-state index in [9.17, 15) is 4.39 Å². The lowest BCUT2D eigenvalue weighted by molar-refractivity contribution is 0.314. The first-order valence-corrected chi connectivity index (χ1v) is 6.01. The highest BCUT2D eigenvalue weighted by Gasteiger charge is 2.06. The Morgan fingerprint density at radius 1 is 1.41 bits per heavy atom. The molecule has 17 heavy (non-hydrogen) atoms. The molecule has 0 aliphatic heterocycles. The van der Waals surface area contributed by atoms with Crippen molar-refractivity contribution in [2.45, 2.75) is 26.3 Å². The van der Waals surface area contributed by atoms with Crippen molar-refractivity contribution in [2.75, 3.05) is 13.6 Å². The predicted molar refractivity (Wildman–Crippen MR) is 67.3 cm³/mol. The number of H-pyrrole nitrogens is 1. The van der Waals surface area contributed by atoms with Crippen LogP contribution in [-0.4, -0.2) is 28.5 Å². The average molecular weight is 235 g/mol. The molecule has 92 valence electrons. The van der Waals surface area contributed by atoms with Gasteiger partial charge in [-0.1, -0.05) is 13.3 Å². The maximum atomic E-state index is 13.0. The Morgan fingerprint density at radius 3 is 3.00 bits per heavy atom.